The molecule has 10 nitrogen and oxygen atoms in total. The van der Waals surface area contributed by atoms with Gasteiger partial charge in [0, 0.05) is 30.1 Å². The Bertz CT molecular complexity index is 1800. The van der Waals surface area contributed by atoms with E-state index in [0.717, 1.165) is 70.1 Å². The van der Waals surface area contributed by atoms with E-state index in [1.54, 1.807) is 25.7 Å². The summed E-state index contributed by atoms with van der Waals surface area (Å²) in [5.41, 5.74) is 7.31. The molecule has 0 unspecified atom stereocenters. The summed E-state index contributed by atoms with van der Waals surface area (Å²) < 4.78 is 11.4. The summed E-state index contributed by atoms with van der Waals surface area (Å²) in [6.07, 6.45) is 9.68. The molecule has 0 spiro atoms. The fraction of sp³-hybridized carbons (Fsp3) is 0.233. The molecule has 0 saturated carbocycles. The Hall–Kier alpha value is -4.83. The highest BCUT2D eigenvalue weighted by molar-refractivity contribution is 5.95. The Morgan fingerprint density at radius 3 is 2.62 bits per heavy atom. The molecule has 7 rings (SSSR count). The molecule has 1 aliphatic heterocycles. The number of nitrogens with zero attached hydrogens (tertiary/aromatic N) is 6. The Kier molecular flexibility index (Phi) is 6.29. The highest BCUT2D eigenvalue weighted by atomic mass is 16.5. The number of benzene rings is 1. The maximum atomic E-state index is 6.01. The Labute approximate surface area is 230 Å². The van der Waals surface area contributed by atoms with E-state index in [2.05, 4.69) is 30.0 Å². The molecule has 10 heteroatoms. The molecule has 6 heterocycles. The van der Waals surface area contributed by atoms with Gasteiger partial charge in [-0.05, 0) is 61.8 Å². The zero-order valence-electron chi connectivity index (χ0n) is 22.1. The van der Waals surface area contributed by atoms with E-state index in [1.807, 2.05) is 48.7 Å². The van der Waals surface area contributed by atoms with Crippen LogP contribution in [0.2, 0.25) is 0 Å². The first-order valence-corrected chi connectivity index (χ1v) is 13.4. The molecule has 1 aliphatic rings. The highest BCUT2D eigenvalue weighted by Crippen LogP contribution is 2.32. The minimum Gasteiger partial charge on any atom is -0.497 e. The number of pyridine rings is 3. The van der Waals surface area contributed by atoms with E-state index in [0.29, 0.717) is 23.6 Å². The molecule has 5 aromatic heterocycles. The van der Waals surface area contributed by atoms with Crippen LogP contribution in [0.4, 0.5) is 0 Å². The third kappa shape index (κ3) is 4.62. The van der Waals surface area contributed by atoms with Gasteiger partial charge in [-0.2, -0.15) is 5.10 Å². The van der Waals surface area contributed by atoms with Gasteiger partial charge in [0.05, 0.1) is 41.7 Å². The summed E-state index contributed by atoms with van der Waals surface area (Å²) in [5.74, 6) is 2.12. The molecule has 40 heavy (non-hydrogen) atoms. The summed E-state index contributed by atoms with van der Waals surface area (Å²) in [7, 11) is 1.66. The number of hydrogen-bond donors (Lipinski definition) is 2. The van der Waals surface area contributed by atoms with Crippen LogP contribution < -0.4 is 9.47 Å². The molecule has 200 valence electrons. The van der Waals surface area contributed by atoms with E-state index < -0.39 is 0 Å². The van der Waals surface area contributed by atoms with Gasteiger partial charge >= 0.3 is 0 Å². The second-order valence-electron chi connectivity index (χ2n) is 9.87. The van der Waals surface area contributed by atoms with Crippen LogP contribution in [-0.4, -0.2) is 73.4 Å². The van der Waals surface area contributed by atoms with Gasteiger partial charge in [-0.25, -0.2) is 9.97 Å². The summed E-state index contributed by atoms with van der Waals surface area (Å²) in [4.78, 5) is 24.5. The molecule has 1 aromatic carbocycles. The van der Waals surface area contributed by atoms with Crippen LogP contribution in [0.25, 0.3) is 56.0 Å². The first kappa shape index (κ1) is 24.2. The van der Waals surface area contributed by atoms with Crippen LogP contribution >= 0.6 is 0 Å². The van der Waals surface area contributed by atoms with Gasteiger partial charge in [-0.3, -0.25) is 20.0 Å². The largest absolute Gasteiger partial charge is 0.497 e. The predicted octanol–water partition coefficient (Wildman–Crippen LogP) is 5.11. The van der Waals surface area contributed by atoms with Crippen LogP contribution in [0.15, 0.2) is 67.3 Å². The lowest BCUT2D eigenvalue weighted by Gasteiger charge is -2.15. The summed E-state index contributed by atoms with van der Waals surface area (Å²) in [6, 6.07) is 13.8. The molecular weight excluding hydrogens is 504 g/mol. The zero-order chi connectivity index (χ0) is 26.9. The van der Waals surface area contributed by atoms with Crippen molar-refractivity contribution in [2.45, 2.75) is 12.8 Å². The Balaban J connectivity index is 1.20. The quantitative estimate of drug-likeness (QED) is 0.278. The topological polar surface area (TPSA) is 118 Å². The average molecular weight is 533 g/mol. The molecule has 0 amide bonds. The number of nitrogens with one attached hydrogen (secondary N) is 2. The molecule has 0 radical (unpaired) electrons. The number of methoxy groups -OCH3 is 1. The van der Waals surface area contributed by atoms with Crippen molar-refractivity contribution < 1.29 is 9.47 Å². The van der Waals surface area contributed by atoms with Crippen molar-refractivity contribution in [3.63, 3.8) is 0 Å². The lowest BCUT2D eigenvalue weighted by Crippen LogP contribution is -2.25. The normalized spacial score (nSPS) is 13.8. The summed E-state index contributed by atoms with van der Waals surface area (Å²) in [5, 5.41) is 7.64. The molecule has 0 bridgehead atoms. The number of hydrogen-bond acceptors (Lipinski definition) is 8. The van der Waals surface area contributed by atoms with Crippen LogP contribution in [0.3, 0.4) is 0 Å². The maximum Gasteiger partial charge on any atom is 0.161 e. The van der Waals surface area contributed by atoms with Crippen molar-refractivity contribution in [2.75, 3.05) is 33.4 Å². The van der Waals surface area contributed by atoms with Crippen molar-refractivity contribution in [1.29, 1.82) is 0 Å². The Morgan fingerprint density at radius 1 is 0.850 bits per heavy atom. The lowest BCUT2D eigenvalue weighted by atomic mass is 10.1. The number of fused-ring (bicyclic) bond motifs is 2. The fourth-order valence-electron chi connectivity index (χ4n) is 5.21. The van der Waals surface area contributed by atoms with Crippen LogP contribution in [-0.2, 0) is 0 Å². The number of H-pyrrole nitrogens is 2. The van der Waals surface area contributed by atoms with E-state index >= 15 is 0 Å². The van der Waals surface area contributed by atoms with Crippen molar-refractivity contribution >= 4 is 22.1 Å². The molecule has 2 N–H and O–H groups in total. The minimum absolute atomic E-state index is 0.611. The summed E-state index contributed by atoms with van der Waals surface area (Å²) in [6.45, 7) is 3.88. The van der Waals surface area contributed by atoms with Gasteiger partial charge in [0.15, 0.2) is 11.5 Å². The molecular formula is C30H28N8O2. The Morgan fingerprint density at radius 2 is 1.73 bits per heavy atom. The molecule has 0 aliphatic carbocycles. The number of rotatable bonds is 8. The molecule has 1 fully saturated rings. The number of ether oxygens (including phenoxy) is 2. The van der Waals surface area contributed by atoms with Crippen LogP contribution in [0, 0.1) is 0 Å². The molecule has 6 aromatic rings. The van der Waals surface area contributed by atoms with Crippen molar-refractivity contribution in [2.24, 2.45) is 0 Å². The minimum atomic E-state index is 0.611. The lowest BCUT2D eigenvalue weighted by molar-refractivity contribution is 0.237. The molecule has 0 atom stereocenters. The second-order valence-corrected chi connectivity index (χ2v) is 9.87. The number of aromatic amines is 2. The average Bonchev–Trinajstić information content (AvgIpc) is 3.76. The van der Waals surface area contributed by atoms with Gasteiger partial charge in [-0.15, -0.1) is 0 Å². The number of aromatic nitrogens is 7. The first-order chi connectivity index (χ1) is 19.7. The fourth-order valence-corrected chi connectivity index (χ4v) is 5.21. The smallest absolute Gasteiger partial charge is 0.161 e. The first-order valence-electron chi connectivity index (χ1n) is 13.4. The van der Waals surface area contributed by atoms with E-state index in [9.17, 15) is 0 Å². The van der Waals surface area contributed by atoms with Crippen molar-refractivity contribution in [1.82, 2.24) is 40.0 Å². The summed E-state index contributed by atoms with van der Waals surface area (Å²) >= 11 is 0. The van der Waals surface area contributed by atoms with Gasteiger partial charge in [0.25, 0.3) is 0 Å². The SMILES string of the molecule is COc1cccc(-c2cncc3[nH]c(-c4n[nH]c5ccc(-c6cncc(OCCN7CCCC7)c6)nc45)nc23)c1. The van der Waals surface area contributed by atoms with Crippen LogP contribution in [0.1, 0.15) is 12.8 Å². The maximum absolute atomic E-state index is 6.01. The van der Waals surface area contributed by atoms with E-state index in [1.165, 1.54) is 12.8 Å². The van der Waals surface area contributed by atoms with Gasteiger partial charge < -0.3 is 14.5 Å². The zero-order valence-corrected chi connectivity index (χ0v) is 22.1. The monoisotopic (exact) mass is 532 g/mol. The third-order valence-electron chi connectivity index (χ3n) is 7.29. The number of imidazole rings is 1. The van der Waals surface area contributed by atoms with Gasteiger partial charge in [0.2, 0.25) is 0 Å². The molecule has 1 saturated heterocycles. The highest BCUT2D eigenvalue weighted by Gasteiger charge is 2.18. The van der Waals surface area contributed by atoms with E-state index in [-0.39, 0.29) is 0 Å². The van der Waals surface area contributed by atoms with Crippen molar-refractivity contribution in [3.8, 4) is 45.4 Å². The van der Waals surface area contributed by atoms with Gasteiger partial charge in [-0.1, -0.05) is 12.1 Å². The second kappa shape index (κ2) is 10.4. The van der Waals surface area contributed by atoms with Crippen LogP contribution in [0.5, 0.6) is 11.5 Å². The standard InChI is InChI=1S/C30H28N8O2/c1-39-21-6-4-5-19(13-21)23-17-32-18-26-27(23)35-30(34-26)29-28-25(36-37-29)8-7-24(33-28)20-14-22(16-31-15-20)40-12-11-38-9-2-3-10-38/h4-8,13-18H,2-3,9-12H2,1H3,(H,34,35)(H,36,37). The number of likely N-dealkylation sites (tertiary alicyclic amines) is 1. The predicted molar refractivity (Wildman–Crippen MR) is 153 cm³/mol. The third-order valence-corrected chi connectivity index (χ3v) is 7.29. The van der Waals surface area contributed by atoms with Gasteiger partial charge in [0.1, 0.15) is 23.6 Å². The van der Waals surface area contributed by atoms with E-state index in [4.69, 9.17) is 19.4 Å². The van der Waals surface area contributed by atoms with Crippen molar-refractivity contribution in [3.05, 3.63) is 67.3 Å².